The van der Waals surface area contributed by atoms with E-state index in [1.54, 1.807) is 12.1 Å². The molecule has 0 aromatic heterocycles. The van der Waals surface area contributed by atoms with Crippen LogP contribution in [-0.4, -0.2) is 47.4 Å². The highest BCUT2D eigenvalue weighted by atomic mass is 16.6. The lowest BCUT2D eigenvalue weighted by atomic mass is 10.0. The zero-order valence-corrected chi connectivity index (χ0v) is 13.9. The minimum Gasteiger partial charge on any atom is -0.371 e. The number of carbonyl (C=O) groups is 1. The van der Waals surface area contributed by atoms with Crippen LogP contribution in [0, 0.1) is 21.4 Å². The van der Waals surface area contributed by atoms with Crippen molar-refractivity contribution in [2.45, 2.75) is 37.8 Å². The second-order valence-corrected chi connectivity index (χ2v) is 6.59. The third kappa shape index (κ3) is 3.42. The minimum atomic E-state index is -0.536. The van der Waals surface area contributed by atoms with E-state index in [2.05, 4.69) is 9.80 Å². The highest BCUT2D eigenvalue weighted by Gasteiger charge is 2.35. The van der Waals surface area contributed by atoms with Gasteiger partial charge in [0.15, 0.2) is 0 Å². The van der Waals surface area contributed by atoms with Crippen molar-refractivity contribution < 1.29 is 9.72 Å². The number of rotatable bonds is 4. The Hall–Kier alpha value is -2.66. The number of nitrogens with two attached hydrogens (primary N) is 1. The topological polar surface area (TPSA) is 117 Å². The number of nitro groups is 1. The fourth-order valence-electron chi connectivity index (χ4n) is 3.96. The van der Waals surface area contributed by atoms with Gasteiger partial charge < -0.3 is 10.6 Å². The molecule has 25 heavy (non-hydrogen) atoms. The summed E-state index contributed by atoms with van der Waals surface area (Å²) >= 11 is 0. The number of amides is 1. The Bertz CT molecular complexity index is 721. The normalized spacial score (nSPS) is 21.9. The van der Waals surface area contributed by atoms with Gasteiger partial charge in [-0.1, -0.05) is 0 Å². The number of nitrogens with zero attached hydrogens (tertiary/aromatic N) is 4. The summed E-state index contributed by atoms with van der Waals surface area (Å²) in [5.74, 6) is -0.242. The van der Waals surface area contributed by atoms with E-state index in [9.17, 15) is 14.9 Å². The lowest BCUT2D eigenvalue weighted by molar-refractivity contribution is -0.385. The number of nitro benzene ring substituents is 1. The first-order valence-corrected chi connectivity index (χ1v) is 8.50. The van der Waals surface area contributed by atoms with Crippen LogP contribution in [0.2, 0.25) is 0 Å². The number of nitriles is 1. The molecule has 0 spiro atoms. The Balaban J connectivity index is 1.67. The molecule has 2 fully saturated rings. The van der Waals surface area contributed by atoms with Crippen LogP contribution in [0.15, 0.2) is 18.2 Å². The molecule has 0 bridgehead atoms. The van der Waals surface area contributed by atoms with E-state index >= 15 is 0 Å². The monoisotopic (exact) mass is 343 g/mol. The fraction of sp³-hybridized carbons (Fsp3) is 0.529. The van der Waals surface area contributed by atoms with Crippen molar-refractivity contribution in [3.05, 3.63) is 33.9 Å². The molecule has 8 heteroatoms. The van der Waals surface area contributed by atoms with Crippen LogP contribution in [-0.2, 0) is 4.79 Å². The van der Waals surface area contributed by atoms with Gasteiger partial charge in [0.2, 0.25) is 5.91 Å². The van der Waals surface area contributed by atoms with Crippen LogP contribution in [0.3, 0.4) is 0 Å². The van der Waals surface area contributed by atoms with Gasteiger partial charge >= 0.3 is 0 Å². The first-order chi connectivity index (χ1) is 12.0. The number of likely N-dealkylation sites (tertiary alicyclic amines) is 1. The van der Waals surface area contributed by atoms with Crippen molar-refractivity contribution in [1.82, 2.24) is 4.90 Å². The number of hydrogen-bond donors (Lipinski definition) is 1. The summed E-state index contributed by atoms with van der Waals surface area (Å²) in [6.07, 6.45) is 3.65. The molecule has 8 nitrogen and oxygen atoms in total. The van der Waals surface area contributed by atoms with Crippen LogP contribution in [0.1, 0.15) is 31.2 Å². The predicted octanol–water partition coefficient (Wildman–Crippen LogP) is 1.38. The predicted molar refractivity (Wildman–Crippen MR) is 92.0 cm³/mol. The highest BCUT2D eigenvalue weighted by molar-refractivity contribution is 5.80. The molecule has 2 aliphatic heterocycles. The fourth-order valence-corrected chi connectivity index (χ4v) is 3.96. The zero-order valence-electron chi connectivity index (χ0n) is 13.9. The number of benzene rings is 1. The Kier molecular flexibility index (Phi) is 4.86. The van der Waals surface area contributed by atoms with Crippen LogP contribution < -0.4 is 10.6 Å². The SMILES string of the molecule is N#Cc1cc(N2CCC(N3CCC[C@H]3C(N)=O)CC2)ccc1[N+](=O)[O-]. The van der Waals surface area contributed by atoms with Crippen LogP contribution in [0.25, 0.3) is 0 Å². The summed E-state index contributed by atoms with van der Waals surface area (Å²) in [4.78, 5) is 26.4. The summed E-state index contributed by atoms with van der Waals surface area (Å²) in [5.41, 5.74) is 6.25. The third-order valence-electron chi connectivity index (χ3n) is 5.22. The van der Waals surface area contributed by atoms with Crippen molar-refractivity contribution in [2.24, 2.45) is 5.73 Å². The van der Waals surface area contributed by atoms with Crippen LogP contribution in [0.5, 0.6) is 0 Å². The molecular weight excluding hydrogens is 322 g/mol. The molecule has 1 aromatic rings. The Labute approximate surface area is 146 Å². The molecule has 1 amide bonds. The second kappa shape index (κ2) is 7.07. The number of hydrogen-bond acceptors (Lipinski definition) is 6. The van der Waals surface area contributed by atoms with Gasteiger partial charge in [0.25, 0.3) is 5.69 Å². The van der Waals surface area contributed by atoms with E-state index in [1.165, 1.54) is 6.07 Å². The van der Waals surface area contributed by atoms with Gasteiger partial charge in [0.05, 0.1) is 11.0 Å². The van der Waals surface area contributed by atoms with E-state index in [-0.39, 0.29) is 23.2 Å². The molecule has 0 radical (unpaired) electrons. The maximum absolute atomic E-state index is 11.6. The van der Waals surface area contributed by atoms with Crippen molar-refractivity contribution in [1.29, 1.82) is 5.26 Å². The smallest absolute Gasteiger partial charge is 0.287 e. The lowest BCUT2D eigenvalue weighted by Crippen LogP contribution is -2.50. The summed E-state index contributed by atoms with van der Waals surface area (Å²) in [7, 11) is 0. The summed E-state index contributed by atoms with van der Waals surface area (Å²) < 4.78 is 0. The number of primary amides is 1. The van der Waals surface area contributed by atoms with E-state index in [1.807, 2.05) is 6.07 Å². The maximum atomic E-state index is 11.6. The summed E-state index contributed by atoms with van der Waals surface area (Å²) in [6, 6.07) is 6.76. The van der Waals surface area contributed by atoms with Crippen molar-refractivity contribution in [3.63, 3.8) is 0 Å². The quantitative estimate of drug-likeness (QED) is 0.652. The molecule has 2 aliphatic rings. The minimum absolute atomic E-state index is 0.0814. The standard InChI is InChI=1S/C17H21N5O3/c18-11-12-10-14(3-4-15(12)22(24)25)20-8-5-13(6-9-20)21-7-1-2-16(21)17(19)23/h3-4,10,13,16H,1-2,5-9H2,(H2,19,23)/t16-/m0/s1. The van der Waals surface area contributed by atoms with Gasteiger partial charge in [-0.15, -0.1) is 0 Å². The Morgan fingerprint density at radius 1 is 1.28 bits per heavy atom. The molecular formula is C17H21N5O3. The van der Waals surface area contributed by atoms with E-state index < -0.39 is 4.92 Å². The average molecular weight is 343 g/mol. The van der Waals surface area contributed by atoms with E-state index in [0.29, 0.717) is 6.04 Å². The molecule has 0 unspecified atom stereocenters. The summed E-state index contributed by atoms with van der Waals surface area (Å²) in [6.45, 7) is 2.49. The van der Waals surface area contributed by atoms with Gasteiger partial charge in [-0.05, 0) is 44.4 Å². The van der Waals surface area contributed by atoms with Gasteiger partial charge in [-0.2, -0.15) is 5.26 Å². The average Bonchev–Trinajstić information content (AvgIpc) is 3.11. The lowest BCUT2D eigenvalue weighted by Gasteiger charge is -2.39. The van der Waals surface area contributed by atoms with Gasteiger partial charge in [-0.3, -0.25) is 19.8 Å². The molecule has 2 N–H and O–H groups in total. The Morgan fingerprint density at radius 2 is 2.00 bits per heavy atom. The first kappa shape index (κ1) is 17.2. The molecule has 132 valence electrons. The number of anilines is 1. The van der Waals surface area contributed by atoms with Crippen LogP contribution >= 0.6 is 0 Å². The Morgan fingerprint density at radius 3 is 2.60 bits per heavy atom. The molecule has 1 aromatic carbocycles. The number of carbonyl (C=O) groups excluding carboxylic acids is 1. The van der Waals surface area contributed by atoms with Gasteiger partial charge in [-0.25, -0.2) is 0 Å². The molecule has 0 saturated carbocycles. The second-order valence-electron chi connectivity index (χ2n) is 6.59. The van der Waals surface area contributed by atoms with Gasteiger partial charge in [0.1, 0.15) is 11.6 Å². The third-order valence-corrected chi connectivity index (χ3v) is 5.22. The van der Waals surface area contributed by atoms with Crippen LogP contribution in [0.4, 0.5) is 11.4 Å². The largest absolute Gasteiger partial charge is 0.371 e. The van der Waals surface area contributed by atoms with Crippen molar-refractivity contribution >= 4 is 17.3 Å². The summed E-state index contributed by atoms with van der Waals surface area (Å²) in [5, 5.41) is 20.1. The first-order valence-electron chi connectivity index (χ1n) is 8.50. The highest BCUT2D eigenvalue weighted by Crippen LogP contribution is 2.30. The zero-order chi connectivity index (χ0) is 18.0. The van der Waals surface area contributed by atoms with Crippen molar-refractivity contribution in [3.8, 4) is 6.07 Å². The molecule has 3 rings (SSSR count). The molecule has 1 atom stereocenters. The van der Waals surface area contributed by atoms with Crippen molar-refractivity contribution in [2.75, 3.05) is 24.5 Å². The molecule has 2 heterocycles. The van der Waals surface area contributed by atoms with E-state index in [4.69, 9.17) is 11.0 Å². The van der Waals surface area contributed by atoms with E-state index in [0.717, 1.165) is 51.0 Å². The maximum Gasteiger partial charge on any atom is 0.287 e. The molecule has 0 aliphatic carbocycles. The van der Waals surface area contributed by atoms with Gasteiger partial charge in [0, 0.05) is 30.9 Å². The molecule has 2 saturated heterocycles. The number of piperidine rings is 1.